The Morgan fingerprint density at radius 3 is 2.05 bits per heavy atom. The van der Waals surface area contributed by atoms with Crippen LogP contribution in [0.25, 0.3) is 0 Å². The predicted molar refractivity (Wildman–Crippen MR) is 78.8 cm³/mol. The molecule has 5 fully saturated rings. The first kappa shape index (κ1) is 12.6. The van der Waals surface area contributed by atoms with Gasteiger partial charge in [0.15, 0.2) is 0 Å². The predicted octanol–water partition coefficient (Wildman–Crippen LogP) is 2.87. The van der Waals surface area contributed by atoms with Gasteiger partial charge in [-0.05, 0) is 87.5 Å². The molecular formula is C17H30N2. The van der Waals surface area contributed by atoms with E-state index in [2.05, 4.69) is 11.8 Å². The zero-order valence-corrected chi connectivity index (χ0v) is 12.5. The molecule has 5 aliphatic rings. The minimum Gasteiger partial charge on any atom is -0.330 e. The van der Waals surface area contributed by atoms with E-state index in [4.69, 9.17) is 5.73 Å². The van der Waals surface area contributed by atoms with Gasteiger partial charge in [0.25, 0.3) is 0 Å². The van der Waals surface area contributed by atoms with Gasteiger partial charge in [-0.15, -0.1) is 0 Å². The van der Waals surface area contributed by atoms with Crippen molar-refractivity contribution >= 4 is 0 Å². The fraction of sp³-hybridized carbons (Fsp3) is 1.00. The van der Waals surface area contributed by atoms with Crippen LogP contribution in [0.2, 0.25) is 0 Å². The molecule has 2 N–H and O–H groups in total. The molecular weight excluding hydrogens is 232 g/mol. The number of rotatable bonds is 3. The second-order valence-electron chi connectivity index (χ2n) is 8.53. The van der Waals surface area contributed by atoms with Gasteiger partial charge in [-0.3, -0.25) is 4.90 Å². The Hall–Kier alpha value is -0.0800. The normalized spacial score (nSPS) is 53.1. The molecule has 0 radical (unpaired) electrons. The molecule has 0 spiro atoms. The van der Waals surface area contributed by atoms with E-state index in [1.807, 2.05) is 0 Å². The van der Waals surface area contributed by atoms with Crippen molar-refractivity contribution in [2.45, 2.75) is 57.9 Å². The highest BCUT2D eigenvalue weighted by atomic mass is 15.2. The topological polar surface area (TPSA) is 29.3 Å². The van der Waals surface area contributed by atoms with E-state index in [0.29, 0.717) is 5.41 Å². The number of likely N-dealkylation sites (tertiary alicyclic amines) is 1. The average Bonchev–Trinajstić information content (AvgIpc) is 2.67. The van der Waals surface area contributed by atoms with Gasteiger partial charge in [0.2, 0.25) is 0 Å². The summed E-state index contributed by atoms with van der Waals surface area (Å²) in [4.78, 5) is 2.80. The van der Waals surface area contributed by atoms with Crippen LogP contribution in [-0.4, -0.2) is 30.6 Å². The maximum Gasteiger partial charge on any atom is 0.00708 e. The Morgan fingerprint density at radius 2 is 1.58 bits per heavy atom. The molecule has 0 amide bonds. The third kappa shape index (κ3) is 2.15. The van der Waals surface area contributed by atoms with E-state index in [1.54, 1.807) is 38.5 Å². The van der Waals surface area contributed by atoms with Crippen molar-refractivity contribution in [2.75, 3.05) is 19.6 Å². The van der Waals surface area contributed by atoms with Crippen LogP contribution in [0.15, 0.2) is 0 Å². The lowest BCUT2D eigenvalue weighted by Gasteiger charge is -2.58. The van der Waals surface area contributed by atoms with E-state index < -0.39 is 0 Å². The van der Waals surface area contributed by atoms with E-state index in [0.717, 1.165) is 36.3 Å². The van der Waals surface area contributed by atoms with Crippen molar-refractivity contribution in [3.05, 3.63) is 0 Å². The first-order valence-electron chi connectivity index (χ1n) is 8.60. The first-order valence-corrected chi connectivity index (χ1v) is 8.60. The summed E-state index contributed by atoms with van der Waals surface area (Å²) in [6, 6.07) is 0.779. The summed E-state index contributed by atoms with van der Waals surface area (Å²) in [6.07, 6.45) is 10.7. The highest BCUT2D eigenvalue weighted by molar-refractivity contribution is 5.03. The van der Waals surface area contributed by atoms with Crippen LogP contribution in [0.4, 0.5) is 0 Å². The van der Waals surface area contributed by atoms with Crippen molar-refractivity contribution in [1.82, 2.24) is 4.90 Å². The number of nitrogens with two attached hydrogens (primary N) is 1. The van der Waals surface area contributed by atoms with E-state index in [9.17, 15) is 0 Å². The third-order valence-corrected chi connectivity index (χ3v) is 6.83. The summed E-state index contributed by atoms with van der Waals surface area (Å²) < 4.78 is 0. The van der Waals surface area contributed by atoms with Gasteiger partial charge >= 0.3 is 0 Å². The average molecular weight is 262 g/mol. The molecule has 5 rings (SSSR count). The Labute approximate surface area is 118 Å². The van der Waals surface area contributed by atoms with Gasteiger partial charge in [0.05, 0.1) is 0 Å². The lowest BCUT2D eigenvalue weighted by molar-refractivity contribution is -0.0702. The molecule has 2 heteroatoms. The van der Waals surface area contributed by atoms with Crippen molar-refractivity contribution in [1.29, 1.82) is 0 Å². The summed E-state index contributed by atoms with van der Waals surface area (Å²) in [7, 11) is 0. The maximum atomic E-state index is 5.89. The molecule has 1 saturated heterocycles. The third-order valence-electron chi connectivity index (χ3n) is 6.83. The van der Waals surface area contributed by atoms with Gasteiger partial charge in [-0.1, -0.05) is 0 Å². The van der Waals surface area contributed by atoms with Crippen LogP contribution in [0.3, 0.4) is 0 Å². The Bertz CT molecular complexity index is 316. The molecule has 2 atom stereocenters. The van der Waals surface area contributed by atoms with Gasteiger partial charge in [0, 0.05) is 19.1 Å². The highest BCUT2D eigenvalue weighted by Gasteiger charge is 2.51. The molecule has 4 bridgehead atoms. The van der Waals surface area contributed by atoms with E-state index in [-0.39, 0.29) is 0 Å². The van der Waals surface area contributed by atoms with E-state index >= 15 is 0 Å². The van der Waals surface area contributed by atoms with Crippen LogP contribution >= 0.6 is 0 Å². The molecule has 19 heavy (non-hydrogen) atoms. The van der Waals surface area contributed by atoms with Gasteiger partial charge < -0.3 is 5.73 Å². The van der Waals surface area contributed by atoms with Crippen molar-refractivity contribution < 1.29 is 0 Å². The Kier molecular flexibility index (Phi) is 2.97. The molecule has 108 valence electrons. The second kappa shape index (κ2) is 4.46. The van der Waals surface area contributed by atoms with Crippen molar-refractivity contribution in [3.63, 3.8) is 0 Å². The SMILES string of the molecule is CC1CC(CN)CN1CC12CC3CC(CC(C3)C1)C2. The Balaban J connectivity index is 1.47. The summed E-state index contributed by atoms with van der Waals surface area (Å²) in [5, 5.41) is 0. The van der Waals surface area contributed by atoms with Gasteiger partial charge in [-0.25, -0.2) is 0 Å². The maximum absolute atomic E-state index is 5.89. The summed E-state index contributed by atoms with van der Waals surface area (Å²) in [5.41, 5.74) is 6.61. The summed E-state index contributed by atoms with van der Waals surface area (Å²) in [5.74, 6) is 4.04. The molecule has 0 aromatic carbocycles. The monoisotopic (exact) mass is 262 g/mol. The lowest BCUT2D eigenvalue weighted by atomic mass is 9.49. The van der Waals surface area contributed by atoms with Crippen LogP contribution in [-0.2, 0) is 0 Å². The standard InChI is InChI=1S/C17H30N2/c1-12-2-16(9-18)10-19(12)11-17-6-13-3-14(7-17)5-15(4-13)8-17/h12-16H,2-11,18H2,1H3. The van der Waals surface area contributed by atoms with Gasteiger partial charge in [0.1, 0.15) is 0 Å². The molecule has 4 saturated carbocycles. The minimum absolute atomic E-state index is 0.715. The molecule has 1 aliphatic heterocycles. The number of hydrogen-bond donors (Lipinski definition) is 1. The highest BCUT2D eigenvalue weighted by Crippen LogP contribution is 2.60. The number of nitrogens with zero attached hydrogens (tertiary/aromatic N) is 1. The molecule has 2 nitrogen and oxygen atoms in total. The van der Waals surface area contributed by atoms with Crippen molar-refractivity contribution in [3.8, 4) is 0 Å². The summed E-state index contributed by atoms with van der Waals surface area (Å²) in [6.45, 7) is 5.99. The smallest absolute Gasteiger partial charge is 0.00708 e. The Morgan fingerprint density at radius 1 is 1.00 bits per heavy atom. The fourth-order valence-corrected chi connectivity index (χ4v) is 6.52. The molecule has 2 unspecified atom stereocenters. The van der Waals surface area contributed by atoms with Crippen LogP contribution in [0.1, 0.15) is 51.9 Å². The molecule has 4 aliphatic carbocycles. The fourth-order valence-electron chi connectivity index (χ4n) is 6.52. The molecule has 1 heterocycles. The number of hydrogen-bond acceptors (Lipinski definition) is 2. The summed E-state index contributed by atoms with van der Waals surface area (Å²) >= 11 is 0. The minimum atomic E-state index is 0.715. The van der Waals surface area contributed by atoms with Crippen molar-refractivity contribution in [2.24, 2.45) is 34.8 Å². The quantitative estimate of drug-likeness (QED) is 0.847. The second-order valence-corrected chi connectivity index (χ2v) is 8.53. The molecule has 0 aromatic rings. The lowest BCUT2D eigenvalue weighted by Crippen LogP contribution is -2.51. The zero-order valence-electron chi connectivity index (χ0n) is 12.5. The largest absolute Gasteiger partial charge is 0.330 e. The van der Waals surface area contributed by atoms with Gasteiger partial charge in [-0.2, -0.15) is 0 Å². The zero-order chi connectivity index (χ0) is 13.0. The van der Waals surface area contributed by atoms with Crippen LogP contribution in [0.5, 0.6) is 0 Å². The van der Waals surface area contributed by atoms with Crippen LogP contribution < -0.4 is 5.73 Å². The van der Waals surface area contributed by atoms with E-state index in [1.165, 1.54) is 19.5 Å². The molecule has 0 aromatic heterocycles. The van der Waals surface area contributed by atoms with Crippen LogP contribution in [0, 0.1) is 29.1 Å². The first-order chi connectivity index (χ1) is 9.16.